The highest BCUT2D eigenvalue weighted by Gasteiger charge is 2.08. The molecule has 0 fully saturated rings. The quantitative estimate of drug-likeness (QED) is 0.523. The van der Waals surface area contributed by atoms with Gasteiger partial charge in [0.25, 0.3) is 0 Å². The summed E-state index contributed by atoms with van der Waals surface area (Å²) in [6.45, 7) is 2.30. The van der Waals surface area contributed by atoms with Gasteiger partial charge in [0.2, 0.25) is 0 Å². The lowest BCUT2D eigenvalue weighted by Crippen LogP contribution is -2.07. The fourth-order valence-corrected chi connectivity index (χ4v) is 2.36. The van der Waals surface area contributed by atoms with Crippen molar-refractivity contribution in [2.24, 2.45) is 0 Å². The summed E-state index contributed by atoms with van der Waals surface area (Å²) in [5.74, 6) is 4.60. The van der Waals surface area contributed by atoms with Gasteiger partial charge in [0.1, 0.15) is 0 Å². The summed E-state index contributed by atoms with van der Waals surface area (Å²) in [6.07, 6.45) is 6.34. The van der Waals surface area contributed by atoms with Gasteiger partial charge in [-0.2, -0.15) is 0 Å². The molecular formula is C8H14NP. The van der Waals surface area contributed by atoms with Crippen molar-refractivity contribution in [3.05, 3.63) is 24.0 Å². The Balaban J connectivity index is 2.98. The molecule has 1 heterocycles. The van der Waals surface area contributed by atoms with E-state index in [1.807, 2.05) is 0 Å². The van der Waals surface area contributed by atoms with Crippen LogP contribution in [0, 0.1) is 0 Å². The number of rotatable bonds is 1. The van der Waals surface area contributed by atoms with E-state index < -0.39 is 7.04 Å². The molecule has 56 valence electrons. The van der Waals surface area contributed by atoms with Crippen molar-refractivity contribution in [3.8, 4) is 0 Å². The molecule has 0 aromatic carbocycles. The third kappa shape index (κ3) is 1.42. The average Bonchev–Trinajstić information content (AvgIpc) is 1.89. The van der Waals surface area contributed by atoms with E-state index in [0.717, 1.165) is 0 Å². The summed E-state index contributed by atoms with van der Waals surface area (Å²) >= 11 is 0. The van der Waals surface area contributed by atoms with Gasteiger partial charge in [0, 0.05) is 0 Å². The van der Waals surface area contributed by atoms with Gasteiger partial charge in [-0.25, -0.2) is 0 Å². The van der Waals surface area contributed by atoms with Gasteiger partial charge >= 0.3 is 0 Å². The van der Waals surface area contributed by atoms with Gasteiger partial charge in [-0.1, -0.05) is 18.2 Å². The van der Waals surface area contributed by atoms with E-state index in [2.05, 4.69) is 55.3 Å². The van der Waals surface area contributed by atoms with E-state index >= 15 is 0 Å². The monoisotopic (exact) mass is 155 g/mol. The van der Waals surface area contributed by atoms with Crippen LogP contribution in [-0.2, 0) is 0 Å². The van der Waals surface area contributed by atoms with Crippen molar-refractivity contribution in [3.63, 3.8) is 0 Å². The average molecular weight is 155 g/mol. The summed E-state index contributed by atoms with van der Waals surface area (Å²) in [4.78, 5) is 0. The molecule has 1 nitrogen and oxygen atoms in total. The van der Waals surface area contributed by atoms with Crippen molar-refractivity contribution >= 4 is 12.8 Å². The molecule has 0 saturated heterocycles. The number of hydrogen-bond donors (Lipinski definition) is 0. The fourth-order valence-electron chi connectivity index (χ4n) is 0.828. The van der Waals surface area contributed by atoms with Crippen molar-refractivity contribution in [1.82, 2.24) is 4.67 Å². The van der Waals surface area contributed by atoms with Crippen molar-refractivity contribution in [2.45, 2.75) is 0 Å². The van der Waals surface area contributed by atoms with Crippen LogP contribution < -0.4 is 0 Å². The molecular weight excluding hydrogens is 141 g/mol. The van der Waals surface area contributed by atoms with E-state index in [-0.39, 0.29) is 0 Å². The first-order valence-corrected chi connectivity index (χ1v) is 5.72. The standard InChI is InChI=1S/C8H14NP/c1-9(2)10(3)7-5-4-6-8-10/h4-8H,1-3H3. The van der Waals surface area contributed by atoms with E-state index in [9.17, 15) is 0 Å². The lowest BCUT2D eigenvalue weighted by atomic mass is 10.5. The zero-order valence-electron chi connectivity index (χ0n) is 6.78. The van der Waals surface area contributed by atoms with Crippen LogP contribution in [0.5, 0.6) is 0 Å². The summed E-state index contributed by atoms with van der Waals surface area (Å²) < 4.78 is 2.30. The van der Waals surface area contributed by atoms with E-state index in [4.69, 9.17) is 0 Å². The first-order chi connectivity index (χ1) is 4.65. The molecule has 0 aromatic heterocycles. The Hall–Kier alpha value is -0.260. The van der Waals surface area contributed by atoms with E-state index in [1.165, 1.54) is 0 Å². The maximum Gasteiger partial charge on any atom is -0.00953 e. The SMILES string of the molecule is CN(C)P1(C)=CC=CC=C1. The zero-order chi connectivity index (χ0) is 7.61. The highest BCUT2D eigenvalue weighted by Crippen LogP contribution is 2.47. The molecule has 0 bridgehead atoms. The minimum absolute atomic E-state index is 0.994. The predicted molar refractivity (Wildman–Crippen MR) is 50.9 cm³/mol. The van der Waals surface area contributed by atoms with Crippen LogP contribution in [-0.4, -0.2) is 31.2 Å². The summed E-state index contributed by atoms with van der Waals surface area (Å²) in [5, 5.41) is 0. The number of hydrogen-bond acceptors (Lipinski definition) is 1. The highest BCUT2D eigenvalue weighted by molar-refractivity contribution is 7.75. The second kappa shape index (κ2) is 2.77. The topological polar surface area (TPSA) is 3.24 Å². The highest BCUT2D eigenvalue weighted by atomic mass is 31.2. The molecule has 0 N–H and O–H groups in total. The second-order valence-electron chi connectivity index (χ2n) is 2.82. The zero-order valence-corrected chi connectivity index (χ0v) is 7.68. The molecule has 0 saturated carbocycles. The van der Waals surface area contributed by atoms with Gasteiger partial charge in [0.05, 0.1) is 0 Å². The van der Waals surface area contributed by atoms with Crippen molar-refractivity contribution in [1.29, 1.82) is 0 Å². The number of allylic oxidation sites excluding steroid dienone is 3. The van der Waals surface area contributed by atoms with E-state index in [0.29, 0.717) is 0 Å². The third-order valence-electron chi connectivity index (χ3n) is 1.86. The van der Waals surface area contributed by atoms with Gasteiger partial charge < -0.3 is 0 Å². The van der Waals surface area contributed by atoms with Crippen LogP contribution in [0.3, 0.4) is 0 Å². The van der Waals surface area contributed by atoms with Crippen LogP contribution in [0.2, 0.25) is 0 Å². The molecule has 1 atom stereocenters. The molecule has 2 heteroatoms. The molecule has 1 unspecified atom stereocenters. The molecule has 0 radical (unpaired) electrons. The normalized spacial score (nSPS) is 30.8. The Bertz CT molecular complexity index is 223. The molecule has 0 aromatic rings. The first-order valence-electron chi connectivity index (χ1n) is 3.39. The summed E-state index contributed by atoms with van der Waals surface area (Å²) in [7, 11) is 3.27. The largest absolute Gasteiger partial charge is 0.286 e. The van der Waals surface area contributed by atoms with Crippen LogP contribution in [0.4, 0.5) is 0 Å². The summed E-state index contributed by atoms with van der Waals surface area (Å²) in [5.41, 5.74) is 0. The molecule has 1 aliphatic rings. The first kappa shape index (κ1) is 7.84. The van der Waals surface area contributed by atoms with Gasteiger partial charge in [-0.15, -0.1) is 0 Å². The maximum absolute atomic E-state index is 2.30. The van der Waals surface area contributed by atoms with Crippen LogP contribution in [0.25, 0.3) is 0 Å². The smallest absolute Gasteiger partial charge is 0.00953 e. The van der Waals surface area contributed by atoms with Crippen molar-refractivity contribution < 1.29 is 0 Å². The molecule has 0 amide bonds. The van der Waals surface area contributed by atoms with Gasteiger partial charge in [-0.3, -0.25) is 4.67 Å². The minimum Gasteiger partial charge on any atom is -0.286 e. The van der Waals surface area contributed by atoms with Crippen LogP contribution in [0.15, 0.2) is 24.0 Å². The molecule has 10 heavy (non-hydrogen) atoms. The van der Waals surface area contributed by atoms with Crippen molar-refractivity contribution in [2.75, 3.05) is 20.8 Å². The Labute approximate surface area is 63.1 Å². The predicted octanol–water partition coefficient (Wildman–Crippen LogP) is 2.00. The fraction of sp³-hybridized carbons (Fsp3) is 0.375. The summed E-state index contributed by atoms with van der Waals surface area (Å²) in [6, 6.07) is 0. The number of nitrogens with zero attached hydrogens (tertiary/aromatic N) is 1. The van der Waals surface area contributed by atoms with Gasteiger partial charge in [-0.05, 0) is 39.4 Å². The Morgan fingerprint density at radius 2 is 1.80 bits per heavy atom. The molecule has 0 spiro atoms. The Morgan fingerprint density at radius 1 is 1.10 bits per heavy atom. The second-order valence-corrected chi connectivity index (χ2v) is 6.41. The minimum atomic E-state index is -0.994. The van der Waals surface area contributed by atoms with Crippen LogP contribution >= 0.6 is 7.04 Å². The molecule has 1 aliphatic heterocycles. The maximum atomic E-state index is 2.30. The van der Waals surface area contributed by atoms with Crippen LogP contribution in [0.1, 0.15) is 0 Å². The molecule has 0 aliphatic carbocycles. The lowest BCUT2D eigenvalue weighted by Gasteiger charge is -2.25. The lowest BCUT2D eigenvalue weighted by molar-refractivity contribution is 0.683. The Kier molecular flexibility index (Phi) is 2.18. The Morgan fingerprint density at radius 3 is 2.10 bits per heavy atom. The third-order valence-corrected chi connectivity index (χ3v) is 5.14. The van der Waals surface area contributed by atoms with E-state index in [1.54, 1.807) is 0 Å². The molecule has 1 rings (SSSR count). The van der Waals surface area contributed by atoms with Gasteiger partial charge in [0.15, 0.2) is 0 Å².